The van der Waals surface area contributed by atoms with Gasteiger partial charge in [-0.15, -0.1) is 0 Å². The minimum Gasteiger partial charge on any atom is -0.376 e. The minimum absolute atomic E-state index is 0.0258. The molecule has 1 rings (SSSR count). The van der Waals surface area contributed by atoms with E-state index in [4.69, 9.17) is 0 Å². The molecule has 2 N–H and O–H groups in total. The molecule has 1 atom stereocenters. The average Bonchev–Trinajstić information content (AvgIpc) is 2.35. The highest BCUT2D eigenvalue weighted by atomic mass is 19.4. The number of benzene rings is 1. The summed E-state index contributed by atoms with van der Waals surface area (Å²) in [7, 11) is 0. The largest absolute Gasteiger partial charge is 0.418 e. The van der Waals surface area contributed by atoms with Crippen molar-refractivity contribution in [3.05, 3.63) is 29.8 Å². The van der Waals surface area contributed by atoms with E-state index in [0.29, 0.717) is 0 Å². The number of hydrogen-bond donors (Lipinski definition) is 2. The third-order valence-electron chi connectivity index (χ3n) is 3.06. The molecule has 0 aliphatic heterocycles. The highest BCUT2D eigenvalue weighted by Gasteiger charge is 2.33. The van der Waals surface area contributed by atoms with Crippen molar-refractivity contribution in [3.8, 4) is 0 Å². The number of carbonyl (C=O) groups is 1. The maximum absolute atomic E-state index is 12.7. The molecule has 0 radical (unpaired) electrons. The summed E-state index contributed by atoms with van der Waals surface area (Å²) in [5, 5.41) is 5.26. The summed E-state index contributed by atoms with van der Waals surface area (Å²) in [6.07, 6.45) is -4.44. The van der Waals surface area contributed by atoms with Crippen molar-refractivity contribution in [1.82, 2.24) is 5.32 Å². The van der Waals surface area contributed by atoms with Gasteiger partial charge in [-0.3, -0.25) is 4.79 Å². The molecule has 1 aromatic carbocycles. The van der Waals surface area contributed by atoms with Gasteiger partial charge >= 0.3 is 6.18 Å². The zero-order valence-corrected chi connectivity index (χ0v) is 11.7. The predicted molar refractivity (Wildman–Crippen MR) is 72.4 cm³/mol. The topological polar surface area (TPSA) is 41.1 Å². The number of nitrogens with one attached hydrogen (secondary N) is 2. The number of carbonyl (C=O) groups excluding carboxylic acids is 1. The van der Waals surface area contributed by atoms with Crippen LogP contribution >= 0.6 is 0 Å². The van der Waals surface area contributed by atoms with Crippen molar-refractivity contribution >= 4 is 11.6 Å². The molecule has 0 fully saturated rings. The lowest BCUT2D eigenvalue weighted by Crippen LogP contribution is -2.39. The van der Waals surface area contributed by atoms with Crippen molar-refractivity contribution in [1.29, 1.82) is 0 Å². The van der Waals surface area contributed by atoms with Crippen LogP contribution in [-0.2, 0) is 11.0 Å². The Kier molecular flexibility index (Phi) is 5.42. The first-order valence-electron chi connectivity index (χ1n) is 6.41. The SMILES string of the molecule is CC(C)C(C)NC(=O)CNc1ccccc1C(F)(F)F. The number of hydrogen-bond acceptors (Lipinski definition) is 2. The Bertz CT molecular complexity index is 458. The molecule has 0 spiro atoms. The fourth-order valence-electron chi connectivity index (χ4n) is 1.53. The van der Waals surface area contributed by atoms with Crippen LogP contribution < -0.4 is 10.6 Å². The normalized spacial score (nSPS) is 13.2. The molecule has 1 amide bonds. The summed E-state index contributed by atoms with van der Waals surface area (Å²) in [6, 6.07) is 5.07. The first-order chi connectivity index (χ1) is 9.21. The molecule has 6 heteroatoms. The van der Waals surface area contributed by atoms with Crippen molar-refractivity contribution in [3.63, 3.8) is 0 Å². The van der Waals surface area contributed by atoms with Gasteiger partial charge in [0.1, 0.15) is 0 Å². The first kappa shape index (κ1) is 16.3. The lowest BCUT2D eigenvalue weighted by molar-refractivity contribution is -0.137. The van der Waals surface area contributed by atoms with Crippen LogP contribution in [0.4, 0.5) is 18.9 Å². The first-order valence-corrected chi connectivity index (χ1v) is 6.41. The van der Waals surface area contributed by atoms with Gasteiger partial charge in [-0.05, 0) is 25.0 Å². The molecule has 1 unspecified atom stereocenters. The fraction of sp³-hybridized carbons (Fsp3) is 0.500. The van der Waals surface area contributed by atoms with Crippen LogP contribution in [0.1, 0.15) is 26.3 Å². The standard InChI is InChI=1S/C14H19F3N2O/c1-9(2)10(3)19-13(20)8-18-12-7-5-4-6-11(12)14(15,16)17/h4-7,9-10,18H,8H2,1-3H3,(H,19,20). The molecular formula is C14H19F3N2O. The second-order valence-corrected chi connectivity index (χ2v) is 5.00. The van der Waals surface area contributed by atoms with E-state index in [2.05, 4.69) is 10.6 Å². The van der Waals surface area contributed by atoms with E-state index in [1.807, 2.05) is 20.8 Å². The maximum Gasteiger partial charge on any atom is 0.418 e. The Balaban J connectivity index is 2.65. The second kappa shape index (κ2) is 6.63. The molecule has 0 saturated heterocycles. The molecule has 1 aromatic rings. The van der Waals surface area contributed by atoms with E-state index < -0.39 is 11.7 Å². The van der Waals surface area contributed by atoms with Crippen LogP contribution in [0.3, 0.4) is 0 Å². The molecule has 0 aliphatic rings. The zero-order chi connectivity index (χ0) is 15.3. The molecule has 0 heterocycles. The summed E-state index contributed by atoms with van der Waals surface area (Å²) in [5.74, 6) is -0.0652. The van der Waals surface area contributed by atoms with Gasteiger partial charge in [0.05, 0.1) is 12.1 Å². The number of para-hydroxylation sites is 1. The smallest absolute Gasteiger partial charge is 0.376 e. The monoisotopic (exact) mass is 288 g/mol. The molecule has 20 heavy (non-hydrogen) atoms. The fourth-order valence-corrected chi connectivity index (χ4v) is 1.53. The number of halogens is 3. The highest BCUT2D eigenvalue weighted by molar-refractivity contribution is 5.81. The Hall–Kier alpha value is -1.72. The van der Waals surface area contributed by atoms with Gasteiger partial charge in [-0.1, -0.05) is 26.0 Å². The zero-order valence-electron chi connectivity index (χ0n) is 11.7. The van der Waals surface area contributed by atoms with Gasteiger partial charge in [0.15, 0.2) is 0 Å². The summed E-state index contributed by atoms with van der Waals surface area (Å²) in [6.45, 7) is 5.57. The Morgan fingerprint density at radius 3 is 2.35 bits per heavy atom. The molecule has 112 valence electrons. The maximum atomic E-state index is 12.7. The Morgan fingerprint density at radius 1 is 1.20 bits per heavy atom. The van der Waals surface area contributed by atoms with Gasteiger partial charge in [0.25, 0.3) is 0 Å². The number of alkyl halides is 3. The summed E-state index contributed by atoms with van der Waals surface area (Å²) < 4.78 is 38.2. The van der Waals surface area contributed by atoms with Crippen LogP contribution in [0.15, 0.2) is 24.3 Å². The molecule has 0 saturated carbocycles. The third kappa shape index (κ3) is 4.75. The van der Waals surface area contributed by atoms with Gasteiger partial charge in [0, 0.05) is 11.7 Å². The van der Waals surface area contributed by atoms with E-state index >= 15 is 0 Å². The number of rotatable bonds is 5. The van der Waals surface area contributed by atoms with Gasteiger partial charge in [0.2, 0.25) is 5.91 Å². The average molecular weight is 288 g/mol. The van der Waals surface area contributed by atoms with Gasteiger partial charge in [-0.2, -0.15) is 13.2 Å². The van der Waals surface area contributed by atoms with E-state index in [1.165, 1.54) is 18.2 Å². The summed E-state index contributed by atoms with van der Waals surface area (Å²) >= 11 is 0. The third-order valence-corrected chi connectivity index (χ3v) is 3.06. The van der Waals surface area contributed by atoms with E-state index in [9.17, 15) is 18.0 Å². The van der Waals surface area contributed by atoms with Gasteiger partial charge < -0.3 is 10.6 Å². The highest BCUT2D eigenvalue weighted by Crippen LogP contribution is 2.34. The van der Waals surface area contributed by atoms with Crippen molar-refractivity contribution in [2.75, 3.05) is 11.9 Å². The Morgan fingerprint density at radius 2 is 1.80 bits per heavy atom. The van der Waals surface area contributed by atoms with Crippen LogP contribution in [0.2, 0.25) is 0 Å². The van der Waals surface area contributed by atoms with Crippen molar-refractivity contribution < 1.29 is 18.0 Å². The molecule has 0 aliphatic carbocycles. The van der Waals surface area contributed by atoms with Crippen LogP contribution in [0.25, 0.3) is 0 Å². The Labute approximate surface area is 116 Å². The van der Waals surface area contributed by atoms with Crippen LogP contribution in [0, 0.1) is 5.92 Å². The van der Waals surface area contributed by atoms with Gasteiger partial charge in [-0.25, -0.2) is 0 Å². The molecular weight excluding hydrogens is 269 g/mol. The van der Waals surface area contributed by atoms with Crippen LogP contribution in [-0.4, -0.2) is 18.5 Å². The predicted octanol–water partition coefficient (Wildman–Crippen LogP) is 3.28. The minimum atomic E-state index is -4.44. The molecule has 0 aromatic heterocycles. The molecule has 0 bridgehead atoms. The summed E-state index contributed by atoms with van der Waals surface area (Å²) in [4.78, 5) is 11.6. The molecule has 3 nitrogen and oxygen atoms in total. The quantitative estimate of drug-likeness (QED) is 0.873. The van der Waals surface area contributed by atoms with Crippen molar-refractivity contribution in [2.45, 2.75) is 33.0 Å². The lowest BCUT2D eigenvalue weighted by Gasteiger charge is -2.18. The van der Waals surface area contributed by atoms with Crippen molar-refractivity contribution in [2.24, 2.45) is 5.92 Å². The van der Waals surface area contributed by atoms with Crippen LogP contribution in [0.5, 0.6) is 0 Å². The van der Waals surface area contributed by atoms with E-state index in [0.717, 1.165) is 6.07 Å². The van der Waals surface area contributed by atoms with E-state index in [1.54, 1.807) is 0 Å². The number of anilines is 1. The van der Waals surface area contributed by atoms with E-state index in [-0.39, 0.29) is 30.1 Å². The number of amides is 1. The lowest BCUT2D eigenvalue weighted by atomic mass is 10.1. The summed E-state index contributed by atoms with van der Waals surface area (Å²) in [5.41, 5.74) is -0.864. The second-order valence-electron chi connectivity index (χ2n) is 5.00.